The minimum atomic E-state index is -0.961. The minimum absolute atomic E-state index is 0.0518. The molecule has 188 valence electrons. The second-order valence-corrected chi connectivity index (χ2v) is 6.97. The molecule has 0 radical (unpaired) electrons. The number of nitrogens with one attached hydrogen (secondary N) is 2. The summed E-state index contributed by atoms with van der Waals surface area (Å²) >= 11 is 0. The Kier molecular flexibility index (Phi) is 8.00. The van der Waals surface area contributed by atoms with Crippen LogP contribution in [0.3, 0.4) is 0 Å². The molecule has 0 saturated carbocycles. The van der Waals surface area contributed by atoms with Gasteiger partial charge in [-0.05, 0) is 24.3 Å². The maximum Gasteiger partial charge on any atom is 0.344 e. The molecular formula is C24H24FN5O6. The number of fused-ring (bicyclic) bond motifs is 1. The Morgan fingerprint density at radius 2 is 1.69 bits per heavy atom. The van der Waals surface area contributed by atoms with Crippen molar-refractivity contribution in [3.05, 3.63) is 74.9 Å². The van der Waals surface area contributed by atoms with Crippen LogP contribution in [0.25, 0.3) is 10.9 Å². The topological polar surface area (TPSA) is 137 Å². The molecule has 0 aliphatic heterocycles. The zero-order chi connectivity index (χ0) is 26.4. The molecule has 0 aliphatic rings. The first kappa shape index (κ1) is 25.9. The normalized spacial score (nSPS) is 10.3. The molecule has 0 aliphatic carbocycles. The monoisotopic (exact) mass is 497 g/mol. The van der Waals surface area contributed by atoms with E-state index in [1.807, 2.05) is 18.8 Å². The Morgan fingerprint density at radius 1 is 1.00 bits per heavy atom. The number of pyridine rings is 1. The van der Waals surface area contributed by atoms with Gasteiger partial charge in [-0.15, -0.1) is 0 Å². The van der Waals surface area contributed by atoms with Crippen molar-refractivity contribution in [3.8, 4) is 23.0 Å². The van der Waals surface area contributed by atoms with E-state index in [4.69, 9.17) is 14.2 Å². The molecule has 0 spiro atoms. The Balaban J connectivity index is 0.00000176. The van der Waals surface area contributed by atoms with E-state index >= 15 is 0 Å². The summed E-state index contributed by atoms with van der Waals surface area (Å²) in [6, 6.07) is 8.64. The predicted octanol–water partition coefficient (Wildman–Crippen LogP) is 3.24. The van der Waals surface area contributed by atoms with Crippen LogP contribution in [-0.4, -0.2) is 39.9 Å². The number of hydrogen-bond donors (Lipinski definition) is 2. The van der Waals surface area contributed by atoms with Crippen molar-refractivity contribution in [2.75, 3.05) is 19.5 Å². The molecule has 2 N–H and O–H groups in total. The molecule has 0 saturated heterocycles. The molecule has 0 unspecified atom stereocenters. The van der Waals surface area contributed by atoms with Gasteiger partial charge in [0.15, 0.2) is 23.1 Å². The van der Waals surface area contributed by atoms with Gasteiger partial charge in [-0.2, -0.15) is 5.10 Å². The first-order chi connectivity index (χ1) is 17.3. The molecule has 12 heteroatoms. The van der Waals surface area contributed by atoms with Crippen LogP contribution in [0, 0.1) is 5.82 Å². The molecule has 4 aromatic rings. The number of carbonyl (C=O) groups is 1. The lowest BCUT2D eigenvalue weighted by Gasteiger charge is -2.13. The van der Waals surface area contributed by atoms with Gasteiger partial charge in [0, 0.05) is 36.5 Å². The third-order valence-corrected chi connectivity index (χ3v) is 4.81. The number of aryl methyl sites for hydroxylation is 1. The van der Waals surface area contributed by atoms with E-state index < -0.39 is 28.7 Å². The number of amides is 1. The standard InChI is InChI=1S/C22H18FN5O6.C2H6/c1-28-22(31)26-21(30)19(27-28)20(29)25-11-4-5-16(13(23)8-11)34-15-6-7-24-14-10-18(33-3)17(32-2)9-12(14)15;1-2/h4-10H,1-3H3,(H,25,29)(H,26,30,31);1-2H3. The van der Waals surface area contributed by atoms with Gasteiger partial charge < -0.3 is 19.5 Å². The number of aromatic nitrogens is 4. The lowest BCUT2D eigenvalue weighted by Crippen LogP contribution is -2.36. The molecule has 1 amide bonds. The molecule has 36 heavy (non-hydrogen) atoms. The summed E-state index contributed by atoms with van der Waals surface area (Å²) in [6.07, 6.45) is 1.51. The lowest BCUT2D eigenvalue weighted by atomic mass is 10.2. The van der Waals surface area contributed by atoms with Gasteiger partial charge in [-0.3, -0.25) is 19.6 Å². The summed E-state index contributed by atoms with van der Waals surface area (Å²) in [4.78, 5) is 41.8. The summed E-state index contributed by atoms with van der Waals surface area (Å²) in [6.45, 7) is 4.00. The largest absolute Gasteiger partial charge is 0.493 e. The molecule has 2 aromatic carbocycles. The first-order valence-electron chi connectivity index (χ1n) is 10.8. The predicted molar refractivity (Wildman–Crippen MR) is 131 cm³/mol. The Labute approximate surface area is 204 Å². The number of anilines is 1. The number of ether oxygens (including phenoxy) is 3. The number of carbonyl (C=O) groups excluding carboxylic acids is 1. The maximum atomic E-state index is 14.8. The van der Waals surface area contributed by atoms with Crippen molar-refractivity contribution >= 4 is 22.5 Å². The molecule has 2 aromatic heterocycles. The van der Waals surface area contributed by atoms with E-state index in [0.717, 1.165) is 10.7 Å². The van der Waals surface area contributed by atoms with Gasteiger partial charge in [0.1, 0.15) is 5.75 Å². The number of nitrogens with zero attached hydrogens (tertiary/aromatic N) is 3. The highest BCUT2D eigenvalue weighted by molar-refractivity contribution is 6.02. The fourth-order valence-electron chi connectivity index (χ4n) is 3.13. The fourth-order valence-corrected chi connectivity index (χ4v) is 3.13. The van der Waals surface area contributed by atoms with Crippen LogP contribution >= 0.6 is 0 Å². The van der Waals surface area contributed by atoms with Gasteiger partial charge in [-0.1, -0.05) is 13.8 Å². The Morgan fingerprint density at radius 3 is 2.36 bits per heavy atom. The highest BCUT2D eigenvalue weighted by atomic mass is 19.1. The Hall–Kier alpha value is -4.74. The van der Waals surface area contributed by atoms with Crippen LogP contribution < -0.4 is 30.8 Å². The molecule has 2 heterocycles. The van der Waals surface area contributed by atoms with Crippen molar-refractivity contribution < 1.29 is 23.4 Å². The van der Waals surface area contributed by atoms with E-state index in [1.54, 1.807) is 18.2 Å². The molecular weight excluding hydrogens is 473 g/mol. The lowest BCUT2D eigenvalue weighted by molar-refractivity contribution is 0.101. The number of H-pyrrole nitrogens is 1. The summed E-state index contributed by atoms with van der Waals surface area (Å²) in [5.41, 5.74) is -1.67. The van der Waals surface area contributed by atoms with E-state index in [9.17, 15) is 18.8 Å². The summed E-state index contributed by atoms with van der Waals surface area (Å²) < 4.78 is 31.9. The number of hydrogen-bond acceptors (Lipinski definition) is 8. The van der Waals surface area contributed by atoms with Crippen molar-refractivity contribution in [2.24, 2.45) is 7.05 Å². The second-order valence-electron chi connectivity index (χ2n) is 6.97. The van der Waals surface area contributed by atoms with Crippen molar-refractivity contribution in [1.82, 2.24) is 19.7 Å². The number of benzene rings is 2. The third-order valence-electron chi connectivity index (χ3n) is 4.81. The number of aromatic amines is 1. The molecule has 11 nitrogen and oxygen atoms in total. The van der Waals surface area contributed by atoms with Crippen LogP contribution in [0.5, 0.6) is 23.0 Å². The van der Waals surface area contributed by atoms with Crippen LogP contribution in [0.4, 0.5) is 10.1 Å². The highest BCUT2D eigenvalue weighted by Crippen LogP contribution is 2.37. The zero-order valence-electron chi connectivity index (χ0n) is 20.2. The van der Waals surface area contributed by atoms with Gasteiger partial charge in [-0.25, -0.2) is 13.9 Å². The number of halogens is 1. The Bertz CT molecular complexity index is 1530. The van der Waals surface area contributed by atoms with Gasteiger partial charge in [0.25, 0.3) is 11.5 Å². The summed E-state index contributed by atoms with van der Waals surface area (Å²) in [5, 5.41) is 6.55. The average Bonchev–Trinajstić information content (AvgIpc) is 2.88. The van der Waals surface area contributed by atoms with Crippen LogP contribution in [-0.2, 0) is 7.05 Å². The van der Waals surface area contributed by atoms with Crippen molar-refractivity contribution in [2.45, 2.75) is 13.8 Å². The third kappa shape index (κ3) is 5.32. The van der Waals surface area contributed by atoms with E-state index in [1.165, 1.54) is 39.6 Å². The zero-order valence-corrected chi connectivity index (χ0v) is 20.2. The van der Waals surface area contributed by atoms with Crippen LogP contribution in [0.1, 0.15) is 24.3 Å². The van der Waals surface area contributed by atoms with Crippen molar-refractivity contribution in [3.63, 3.8) is 0 Å². The summed E-state index contributed by atoms with van der Waals surface area (Å²) in [5.74, 6) is -0.538. The molecule has 0 bridgehead atoms. The maximum absolute atomic E-state index is 14.8. The van der Waals surface area contributed by atoms with Crippen LogP contribution in [0.15, 0.2) is 52.2 Å². The van der Waals surface area contributed by atoms with E-state index in [2.05, 4.69) is 15.4 Å². The average molecular weight is 497 g/mol. The SMILES string of the molecule is CC.COc1cc2nccc(Oc3ccc(NC(=O)c4nn(C)c(=O)[nH]c4=O)cc3F)c2cc1OC. The first-order valence-corrected chi connectivity index (χ1v) is 10.8. The van der Waals surface area contributed by atoms with Gasteiger partial charge in [0.05, 0.1) is 19.7 Å². The number of methoxy groups -OCH3 is 2. The van der Waals surface area contributed by atoms with Crippen molar-refractivity contribution in [1.29, 1.82) is 0 Å². The number of rotatable bonds is 6. The second kappa shape index (κ2) is 11.1. The van der Waals surface area contributed by atoms with E-state index in [0.29, 0.717) is 28.2 Å². The van der Waals surface area contributed by atoms with E-state index in [-0.39, 0.29) is 11.4 Å². The summed E-state index contributed by atoms with van der Waals surface area (Å²) in [7, 11) is 4.27. The fraction of sp³-hybridized carbons (Fsp3) is 0.208. The highest BCUT2D eigenvalue weighted by Gasteiger charge is 2.17. The molecule has 4 rings (SSSR count). The van der Waals surface area contributed by atoms with Crippen LogP contribution in [0.2, 0.25) is 0 Å². The molecule has 0 atom stereocenters. The van der Waals surface area contributed by atoms with Gasteiger partial charge >= 0.3 is 5.69 Å². The smallest absolute Gasteiger partial charge is 0.344 e. The van der Waals surface area contributed by atoms with Gasteiger partial charge in [0.2, 0.25) is 5.69 Å². The molecule has 0 fully saturated rings. The quantitative estimate of drug-likeness (QED) is 0.414. The minimum Gasteiger partial charge on any atom is -0.493 e.